The number of rotatable bonds is 5. The maximum Gasteiger partial charge on any atom is 0.307 e. The average Bonchev–Trinajstić information content (AvgIpc) is 2.91. The van der Waals surface area contributed by atoms with Crippen molar-refractivity contribution in [3.8, 4) is 0 Å². The molecule has 1 aliphatic carbocycles. The van der Waals surface area contributed by atoms with Crippen LogP contribution in [0, 0.1) is 11.8 Å². The van der Waals surface area contributed by atoms with E-state index < -0.39 is 17.8 Å². The second-order valence-corrected chi connectivity index (χ2v) is 6.09. The standard InChI is InChI=1S/C16H20ClNO3/c1-10(9-11-5-2-3-8-14(11)17)18-15(19)12-6-4-7-13(12)16(20)21/h2-3,5,8,10,12-13H,4,6-7,9H2,1H3,(H,18,19)(H,20,21). The first kappa shape index (κ1) is 15.8. The second-order valence-electron chi connectivity index (χ2n) is 5.69. The van der Waals surface area contributed by atoms with E-state index in [1.807, 2.05) is 31.2 Å². The third-order valence-corrected chi connectivity index (χ3v) is 4.41. The van der Waals surface area contributed by atoms with Gasteiger partial charge in [-0.2, -0.15) is 0 Å². The number of halogens is 1. The molecule has 1 amide bonds. The minimum Gasteiger partial charge on any atom is -0.481 e. The summed E-state index contributed by atoms with van der Waals surface area (Å²) in [7, 11) is 0. The number of carboxylic acids is 1. The molecule has 2 rings (SSSR count). The van der Waals surface area contributed by atoms with Gasteiger partial charge in [0.1, 0.15) is 0 Å². The predicted octanol–water partition coefficient (Wildman–Crippen LogP) is 2.89. The summed E-state index contributed by atoms with van der Waals surface area (Å²) < 4.78 is 0. The van der Waals surface area contributed by atoms with Crippen LogP contribution in [0.4, 0.5) is 0 Å². The number of carbonyl (C=O) groups excluding carboxylic acids is 1. The van der Waals surface area contributed by atoms with E-state index in [1.165, 1.54) is 0 Å². The smallest absolute Gasteiger partial charge is 0.307 e. The largest absolute Gasteiger partial charge is 0.481 e. The molecule has 1 fully saturated rings. The molecule has 0 aliphatic heterocycles. The van der Waals surface area contributed by atoms with Gasteiger partial charge in [-0.1, -0.05) is 36.2 Å². The zero-order chi connectivity index (χ0) is 15.4. The first-order valence-electron chi connectivity index (χ1n) is 7.25. The molecule has 0 saturated heterocycles. The Morgan fingerprint density at radius 2 is 2.00 bits per heavy atom. The van der Waals surface area contributed by atoms with E-state index in [1.54, 1.807) is 0 Å². The van der Waals surface area contributed by atoms with Crippen molar-refractivity contribution in [1.82, 2.24) is 5.32 Å². The molecule has 0 aromatic heterocycles. The summed E-state index contributed by atoms with van der Waals surface area (Å²) in [4.78, 5) is 23.4. The Bertz CT molecular complexity index is 532. The van der Waals surface area contributed by atoms with Gasteiger partial charge in [-0.05, 0) is 37.8 Å². The van der Waals surface area contributed by atoms with Crippen molar-refractivity contribution < 1.29 is 14.7 Å². The number of amides is 1. The van der Waals surface area contributed by atoms with Crippen molar-refractivity contribution in [2.24, 2.45) is 11.8 Å². The molecule has 0 bridgehead atoms. The van der Waals surface area contributed by atoms with Crippen LogP contribution in [0.5, 0.6) is 0 Å². The van der Waals surface area contributed by atoms with Crippen LogP contribution in [-0.4, -0.2) is 23.0 Å². The minimum atomic E-state index is -0.869. The third kappa shape index (κ3) is 3.97. The maximum absolute atomic E-state index is 12.2. The van der Waals surface area contributed by atoms with Crippen LogP contribution in [-0.2, 0) is 16.0 Å². The van der Waals surface area contributed by atoms with Crippen LogP contribution >= 0.6 is 11.6 Å². The Kier molecular flexibility index (Phi) is 5.23. The quantitative estimate of drug-likeness (QED) is 0.879. The van der Waals surface area contributed by atoms with Gasteiger partial charge in [0.2, 0.25) is 5.91 Å². The number of nitrogens with one attached hydrogen (secondary N) is 1. The molecule has 1 aromatic carbocycles. The third-order valence-electron chi connectivity index (χ3n) is 4.04. The lowest BCUT2D eigenvalue weighted by Crippen LogP contribution is -2.40. The van der Waals surface area contributed by atoms with E-state index in [0.717, 1.165) is 12.0 Å². The fourth-order valence-corrected chi connectivity index (χ4v) is 3.18. The van der Waals surface area contributed by atoms with Gasteiger partial charge >= 0.3 is 5.97 Å². The molecule has 1 aliphatic rings. The summed E-state index contributed by atoms with van der Waals surface area (Å²) in [6.45, 7) is 1.91. The molecule has 5 heteroatoms. The lowest BCUT2D eigenvalue weighted by Gasteiger charge is -2.20. The number of carbonyl (C=O) groups is 2. The molecule has 0 heterocycles. The molecule has 2 N–H and O–H groups in total. The monoisotopic (exact) mass is 309 g/mol. The van der Waals surface area contributed by atoms with Gasteiger partial charge in [-0.3, -0.25) is 9.59 Å². The van der Waals surface area contributed by atoms with Gasteiger partial charge in [-0.25, -0.2) is 0 Å². The van der Waals surface area contributed by atoms with E-state index in [9.17, 15) is 9.59 Å². The van der Waals surface area contributed by atoms with Crippen LogP contribution in [0.25, 0.3) is 0 Å². The van der Waals surface area contributed by atoms with Crippen molar-refractivity contribution in [2.45, 2.75) is 38.6 Å². The molecule has 4 nitrogen and oxygen atoms in total. The van der Waals surface area contributed by atoms with E-state index in [4.69, 9.17) is 16.7 Å². The van der Waals surface area contributed by atoms with Crippen molar-refractivity contribution in [1.29, 1.82) is 0 Å². The van der Waals surface area contributed by atoms with E-state index in [-0.39, 0.29) is 11.9 Å². The fourth-order valence-electron chi connectivity index (χ4n) is 2.96. The van der Waals surface area contributed by atoms with Gasteiger partial charge in [0.05, 0.1) is 11.8 Å². The topological polar surface area (TPSA) is 66.4 Å². The summed E-state index contributed by atoms with van der Waals surface area (Å²) in [5.74, 6) is -1.97. The predicted molar refractivity (Wildman–Crippen MR) is 81.2 cm³/mol. The number of hydrogen-bond donors (Lipinski definition) is 2. The van der Waals surface area contributed by atoms with Crippen LogP contribution in [0.15, 0.2) is 24.3 Å². The van der Waals surface area contributed by atoms with Gasteiger partial charge in [-0.15, -0.1) is 0 Å². The van der Waals surface area contributed by atoms with Crippen molar-refractivity contribution in [3.63, 3.8) is 0 Å². The maximum atomic E-state index is 12.2. The highest BCUT2D eigenvalue weighted by Crippen LogP contribution is 2.32. The molecule has 0 radical (unpaired) electrons. The summed E-state index contributed by atoms with van der Waals surface area (Å²) in [5.41, 5.74) is 0.980. The average molecular weight is 310 g/mol. The molecule has 3 unspecified atom stereocenters. The Labute approximate surface area is 129 Å². The lowest BCUT2D eigenvalue weighted by molar-refractivity contribution is -0.146. The van der Waals surface area contributed by atoms with E-state index in [0.29, 0.717) is 24.3 Å². The number of benzene rings is 1. The molecule has 21 heavy (non-hydrogen) atoms. The Hall–Kier alpha value is -1.55. The summed E-state index contributed by atoms with van der Waals surface area (Å²) >= 11 is 6.11. The molecular weight excluding hydrogens is 290 g/mol. The normalized spacial score (nSPS) is 22.8. The molecule has 1 aromatic rings. The highest BCUT2D eigenvalue weighted by molar-refractivity contribution is 6.31. The highest BCUT2D eigenvalue weighted by atomic mass is 35.5. The fraction of sp³-hybridized carbons (Fsp3) is 0.500. The van der Waals surface area contributed by atoms with Crippen LogP contribution in [0.2, 0.25) is 5.02 Å². The zero-order valence-corrected chi connectivity index (χ0v) is 12.8. The van der Waals surface area contributed by atoms with Crippen molar-refractivity contribution in [3.05, 3.63) is 34.9 Å². The van der Waals surface area contributed by atoms with Crippen molar-refractivity contribution in [2.75, 3.05) is 0 Å². The van der Waals surface area contributed by atoms with E-state index >= 15 is 0 Å². The summed E-state index contributed by atoms with van der Waals surface area (Å²) in [6.07, 6.45) is 2.68. The summed E-state index contributed by atoms with van der Waals surface area (Å²) in [6, 6.07) is 7.45. The van der Waals surface area contributed by atoms with Crippen LogP contribution < -0.4 is 5.32 Å². The van der Waals surface area contributed by atoms with Gasteiger partial charge in [0.15, 0.2) is 0 Å². The van der Waals surface area contributed by atoms with Gasteiger partial charge in [0.25, 0.3) is 0 Å². The summed E-state index contributed by atoms with van der Waals surface area (Å²) in [5, 5.41) is 12.7. The Balaban J connectivity index is 1.93. The van der Waals surface area contributed by atoms with Gasteiger partial charge < -0.3 is 10.4 Å². The number of hydrogen-bond acceptors (Lipinski definition) is 2. The Morgan fingerprint density at radius 3 is 2.67 bits per heavy atom. The lowest BCUT2D eigenvalue weighted by atomic mass is 9.95. The second kappa shape index (κ2) is 6.94. The van der Waals surface area contributed by atoms with Crippen molar-refractivity contribution >= 4 is 23.5 Å². The number of carboxylic acid groups (broad SMARTS) is 1. The Morgan fingerprint density at radius 1 is 1.33 bits per heavy atom. The highest BCUT2D eigenvalue weighted by Gasteiger charge is 2.37. The minimum absolute atomic E-state index is 0.0764. The molecule has 1 saturated carbocycles. The first-order valence-corrected chi connectivity index (χ1v) is 7.63. The molecular formula is C16H20ClNO3. The van der Waals surface area contributed by atoms with E-state index in [2.05, 4.69) is 5.32 Å². The van der Waals surface area contributed by atoms with Crippen LogP contribution in [0.1, 0.15) is 31.7 Å². The number of aliphatic carboxylic acids is 1. The molecule has 114 valence electrons. The molecule has 3 atom stereocenters. The first-order chi connectivity index (χ1) is 9.99. The molecule has 0 spiro atoms. The zero-order valence-electron chi connectivity index (χ0n) is 12.0. The SMILES string of the molecule is CC(Cc1ccccc1Cl)NC(=O)C1CCCC1C(=O)O. The van der Waals surface area contributed by atoms with Gasteiger partial charge in [0, 0.05) is 11.1 Å². The van der Waals surface area contributed by atoms with Crippen LogP contribution in [0.3, 0.4) is 0 Å².